The van der Waals surface area contributed by atoms with Gasteiger partial charge in [0.25, 0.3) is 0 Å². The molecule has 0 spiro atoms. The molecule has 0 saturated heterocycles. The minimum atomic E-state index is 0.561. The summed E-state index contributed by atoms with van der Waals surface area (Å²) in [5, 5.41) is 13.2. The fraction of sp³-hybridized carbons (Fsp3) is 0.176. The highest BCUT2D eigenvalue weighted by molar-refractivity contribution is 8.01. The highest BCUT2D eigenvalue weighted by Crippen LogP contribution is 2.17. The van der Waals surface area contributed by atoms with Crippen LogP contribution in [-0.4, -0.2) is 21.0 Å². The zero-order valence-corrected chi connectivity index (χ0v) is 13.6. The minimum Gasteiger partial charge on any atom is -0.246 e. The third kappa shape index (κ3) is 3.84. The van der Waals surface area contributed by atoms with Gasteiger partial charge in [-0.3, -0.25) is 0 Å². The summed E-state index contributed by atoms with van der Waals surface area (Å²) in [7, 11) is 0. The summed E-state index contributed by atoms with van der Waals surface area (Å²) >= 11 is 1.48. The van der Waals surface area contributed by atoms with Gasteiger partial charge in [0, 0.05) is 5.56 Å². The molecule has 0 N–H and O–H groups in total. The van der Waals surface area contributed by atoms with Gasteiger partial charge in [-0.1, -0.05) is 55.5 Å². The fourth-order valence-corrected chi connectivity index (χ4v) is 2.49. The van der Waals surface area contributed by atoms with Gasteiger partial charge in [0.15, 0.2) is 0 Å². The van der Waals surface area contributed by atoms with Gasteiger partial charge < -0.3 is 0 Å². The van der Waals surface area contributed by atoms with Crippen LogP contribution in [0, 0.1) is 0 Å². The summed E-state index contributed by atoms with van der Waals surface area (Å²) < 4.78 is 0. The Bertz CT molecular complexity index is 749. The van der Waals surface area contributed by atoms with Crippen LogP contribution < -0.4 is 4.79 Å². The smallest absolute Gasteiger partial charge is 0.246 e. The number of hydrogen-bond acceptors (Lipinski definition) is 4. The zero-order chi connectivity index (χ0) is 15.9. The van der Waals surface area contributed by atoms with Crippen LogP contribution in [0.1, 0.15) is 13.3 Å². The Morgan fingerprint density at radius 1 is 0.913 bits per heavy atom. The molecule has 6 heteroatoms. The lowest BCUT2D eigenvalue weighted by Crippen LogP contribution is -2.37. The number of aromatic nitrogens is 4. The number of hydrogen-bond donors (Lipinski definition) is 0. The standard InChI is InChI=1S/C17H17N5S/c1-2-13-23-21-22-17(15-11-7-4-8-12-15)19-18-16(20-22)14-9-5-3-6-10-14/h3-12H,2,13H2,1H3. The maximum absolute atomic E-state index is 4.55. The first-order valence-corrected chi connectivity index (χ1v) is 8.44. The number of rotatable bonds is 6. The van der Waals surface area contributed by atoms with Crippen molar-refractivity contribution in [3.8, 4) is 22.8 Å². The highest BCUT2D eigenvalue weighted by atomic mass is 32.2. The molecule has 0 aliphatic carbocycles. The SMILES string of the molecule is CCCS[N-][n+]1nc(-c2ccccc2)nnc1-c1ccccc1. The van der Waals surface area contributed by atoms with Crippen molar-refractivity contribution >= 4 is 11.9 Å². The summed E-state index contributed by atoms with van der Waals surface area (Å²) in [5.41, 5.74) is 1.86. The third-order valence-electron chi connectivity index (χ3n) is 3.11. The molecular formula is C17H17N5S. The summed E-state index contributed by atoms with van der Waals surface area (Å²) in [6, 6.07) is 19.6. The molecule has 3 rings (SSSR count). The van der Waals surface area contributed by atoms with Crippen LogP contribution in [0.15, 0.2) is 60.7 Å². The first-order chi connectivity index (χ1) is 11.4. The molecule has 0 bridgehead atoms. The molecule has 0 aliphatic heterocycles. The van der Waals surface area contributed by atoms with E-state index in [9.17, 15) is 0 Å². The van der Waals surface area contributed by atoms with Gasteiger partial charge >= 0.3 is 5.82 Å². The van der Waals surface area contributed by atoms with E-state index in [0.717, 1.165) is 23.3 Å². The van der Waals surface area contributed by atoms with Gasteiger partial charge in [0.2, 0.25) is 0 Å². The zero-order valence-electron chi connectivity index (χ0n) is 12.8. The number of nitrogens with zero attached hydrogens (tertiary/aromatic N) is 5. The normalized spacial score (nSPS) is 10.5. The molecule has 1 aromatic heterocycles. The average molecular weight is 323 g/mol. The second-order valence-corrected chi connectivity index (χ2v) is 5.71. The van der Waals surface area contributed by atoms with E-state index in [-0.39, 0.29) is 0 Å². The first kappa shape index (κ1) is 15.4. The van der Waals surface area contributed by atoms with E-state index in [2.05, 4.69) is 27.1 Å². The molecule has 2 aromatic carbocycles. The van der Waals surface area contributed by atoms with Crippen LogP contribution in [0.5, 0.6) is 0 Å². The van der Waals surface area contributed by atoms with E-state index in [0.29, 0.717) is 11.6 Å². The van der Waals surface area contributed by atoms with Gasteiger partial charge in [-0.25, -0.2) is 9.93 Å². The van der Waals surface area contributed by atoms with Crippen LogP contribution in [0.4, 0.5) is 0 Å². The van der Waals surface area contributed by atoms with Crippen molar-refractivity contribution in [2.24, 2.45) is 0 Å². The van der Waals surface area contributed by atoms with Crippen LogP contribution in [0.25, 0.3) is 27.6 Å². The van der Waals surface area contributed by atoms with Crippen LogP contribution in [0.2, 0.25) is 0 Å². The molecule has 23 heavy (non-hydrogen) atoms. The molecule has 1 heterocycles. The van der Waals surface area contributed by atoms with Crippen LogP contribution >= 0.6 is 11.9 Å². The van der Waals surface area contributed by atoms with E-state index >= 15 is 0 Å². The lowest BCUT2D eigenvalue weighted by Gasteiger charge is -2.12. The minimum absolute atomic E-state index is 0.561. The maximum atomic E-state index is 4.55. The molecule has 5 nitrogen and oxygen atoms in total. The molecule has 116 valence electrons. The van der Waals surface area contributed by atoms with Gasteiger partial charge in [-0.05, 0) is 29.4 Å². The van der Waals surface area contributed by atoms with Crippen LogP contribution in [0.3, 0.4) is 0 Å². The second kappa shape index (κ2) is 7.69. The summed E-state index contributed by atoms with van der Waals surface area (Å²) in [5.74, 6) is 2.13. The van der Waals surface area contributed by atoms with Crippen LogP contribution in [-0.2, 0) is 0 Å². The van der Waals surface area contributed by atoms with Gasteiger partial charge in [0.05, 0.1) is 10.7 Å². The van der Waals surface area contributed by atoms with Gasteiger partial charge in [-0.15, -0.1) is 11.9 Å². The third-order valence-corrected chi connectivity index (χ3v) is 3.97. The Labute approximate surface area is 139 Å². The quantitative estimate of drug-likeness (QED) is 0.394. The molecule has 0 amide bonds. The van der Waals surface area contributed by atoms with Gasteiger partial charge in [-0.2, -0.15) is 4.79 Å². The lowest BCUT2D eigenvalue weighted by molar-refractivity contribution is -0.667. The average Bonchev–Trinajstić information content (AvgIpc) is 2.63. The molecule has 0 fully saturated rings. The topological polar surface area (TPSA) is 56.7 Å². The van der Waals surface area contributed by atoms with E-state index < -0.39 is 0 Å². The Morgan fingerprint density at radius 2 is 1.57 bits per heavy atom. The Kier molecular flexibility index (Phi) is 5.16. The van der Waals surface area contributed by atoms with Crippen molar-refractivity contribution in [1.29, 1.82) is 0 Å². The molecule has 0 unspecified atom stereocenters. The fourth-order valence-electron chi connectivity index (χ4n) is 2.00. The van der Waals surface area contributed by atoms with E-state index in [1.165, 1.54) is 11.9 Å². The van der Waals surface area contributed by atoms with Crippen molar-refractivity contribution < 1.29 is 4.79 Å². The first-order valence-electron chi connectivity index (χ1n) is 7.49. The largest absolute Gasteiger partial charge is 0.368 e. The van der Waals surface area contributed by atoms with Crippen molar-refractivity contribution in [2.45, 2.75) is 13.3 Å². The predicted molar refractivity (Wildman–Crippen MR) is 92.4 cm³/mol. The second-order valence-electron chi connectivity index (χ2n) is 4.88. The van der Waals surface area contributed by atoms with Crippen molar-refractivity contribution in [1.82, 2.24) is 15.3 Å². The molecule has 0 atom stereocenters. The molecule has 0 saturated carbocycles. The Morgan fingerprint density at radius 3 is 2.22 bits per heavy atom. The molecule has 3 aromatic rings. The lowest BCUT2D eigenvalue weighted by atomic mass is 10.2. The Hall–Kier alpha value is -2.47. The summed E-state index contributed by atoms with van der Waals surface area (Å²) in [6.07, 6.45) is 1.06. The van der Waals surface area contributed by atoms with Crippen molar-refractivity contribution in [3.63, 3.8) is 0 Å². The monoisotopic (exact) mass is 323 g/mol. The highest BCUT2D eigenvalue weighted by Gasteiger charge is 2.15. The molecular weight excluding hydrogens is 306 g/mol. The van der Waals surface area contributed by atoms with E-state index in [1.54, 1.807) is 4.79 Å². The Balaban J connectivity index is 1.99. The molecule has 0 radical (unpaired) electrons. The summed E-state index contributed by atoms with van der Waals surface area (Å²) in [6.45, 7) is 2.12. The van der Waals surface area contributed by atoms with E-state index in [1.807, 2.05) is 60.7 Å². The van der Waals surface area contributed by atoms with Crippen molar-refractivity contribution in [3.05, 3.63) is 65.5 Å². The predicted octanol–water partition coefficient (Wildman–Crippen LogP) is 3.69. The molecule has 0 aliphatic rings. The summed E-state index contributed by atoms with van der Waals surface area (Å²) in [4.78, 5) is 6.05. The van der Waals surface area contributed by atoms with Gasteiger partial charge in [0.1, 0.15) is 5.82 Å². The number of benzene rings is 2. The van der Waals surface area contributed by atoms with Crippen molar-refractivity contribution in [2.75, 3.05) is 5.75 Å². The van der Waals surface area contributed by atoms with E-state index in [4.69, 9.17) is 0 Å². The maximum Gasteiger partial charge on any atom is 0.368 e.